The predicted molar refractivity (Wildman–Crippen MR) is 102 cm³/mol. The Kier molecular flexibility index (Phi) is 7.36. The molecule has 0 radical (unpaired) electrons. The molecule has 9 nitrogen and oxygen atoms in total. The van der Waals surface area contributed by atoms with Gasteiger partial charge in [0, 0.05) is 25.7 Å². The summed E-state index contributed by atoms with van der Waals surface area (Å²) in [6, 6.07) is 0. The van der Waals surface area contributed by atoms with Gasteiger partial charge in [-0.2, -0.15) is 0 Å². The highest BCUT2D eigenvalue weighted by atomic mass is 16.7. The highest BCUT2D eigenvalue weighted by Gasteiger charge is 2.64. The van der Waals surface area contributed by atoms with Crippen LogP contribution in [0.2, 0.25) is 0 Å². The average Bonchev–Trinajstić information content (AvgIpc) is 3.28. The fraction of sp³-hybridized carbons (Fsp3) is 0.857. The van der Waals surface area contributed by atoms with Crippen molar-refractivity contribution < 1.29 is 42.8 Å². The number of ether oxygens (including phenoxy) is 6. The van der Waals surface area contributed by atoms with Crippen LogP contribution >= 0.6 is 0 Å². The van der Waals surface area contributed by atoms with Crippen molar-refractivity contribution in [1.82, 2.24) is 0 Å². The van der Waals surface area contributed by atoms with Gasteiger partial charge in [-0.25, -0.2) is 0 Å². The van der Waals surface area contributed by atoms with E-state index in [1.54, 1.807) is 0 Å². The Hall–Kier alpha value is -1.71. The minimum absolute atomic E-state index is 0.00737. The molecule has 0 aromatic carbocycles. The SMILES string of the molecule is COC(=O)CCC(C[C@@H]1[C@@H](COC(C)=O)O[C@@H]2C[C@@H](C)O[C@@]23OCC[C@@H]13)C(=O)OC. The van der Waals surface area contributed by atoms with Gasteiger partial charge in [0.05, 0.1) is 39.0 Å². The Labute approximate surface area is 176 Å². The van der Waals surface area contributed by atoms with E-state index >= 15 is 0 Å². The summed E-state index contributed by atoms with van der Waals surface area (Å²) < 4.78 is 33.6. The average molecular weight is 428 g/mol. The molecule has 3 aliphatic rings. The van der Waals surface area contributed by atoms with Gasteiger partial charge in [-0.3, -0.25) is 14.4 Å². The van der Waals surface area contributed by atoms with E-state index in [0.29, 0.717) is 25.9 Å². The molecule has 30 heavy (non-hydrogen) atoms. The maximum atomic E-state index is 12.5. The molecule has 1 unspecified atom stereocenters. The summed E-state index contributed by atoms with van der Waals surface area (Å²) in [6.07, 6.45) is 1.64. The normalized spacial score (nSPS) is 35.8. The summed E-state index contributed by atoms with van der Waals surface area (Å²) in [5.74, 6) is -2.67. The molecule has 1 spiro atoms. The molecule has 3 fully saturated rings. The van der Waals surface area contributed by atoms with Crippen molar-refractivity contribution in [3.05, 3.63) is 0 Å². The molecule has 3 heterocycles. The lowest BCUT2D eigenvalue weighted by Crippen LogP contribution is -2.58. The lowest BCUT2D eigenvalue weighted by atomic mass is 9.72. The summed E-state index contributed by atoms with van der Waals surface area (Å²) in [5.41, 5.74) is 0. The summed E-state index contributed by atoms with van der Waals surface area (Å²) in [6.45, 7) is 3.98. The Morgan fingerprint density at radius 1 is 1.20 bits per heavy atom. The molecule has 0 saturated carbocycles. The number of rotatable bonds is 8. The molecular weight excluding hydrogens is 396 g/mol. The number of hydrogen-bond donors (Lipinski definition) is 0. The third-order valence-corrected chi connectivity index (χ3v) is 6.45. The van der Waals surface area contributed by atoms with E-state index in [4.69, 9.17) is 28.4 Å². The number of carbonyl (C=O) groups excluding carboxylic acids is 3. The molecule has 3 rings (SSSR count). The third kappa shape index (κ3) is 4.63. The maximum Gasteiger partial charge on any atom is 0.308 e. The highest BCUT2D eigenvalue weighted by molar-refractivity contribution is 5.74. The standard InChI is InChI=1S/C21H32O9/c1-12-9-18-21(30-12)16(7-8-28-21)15(17(29-18)11-27-13(2)22)10-14(20(24)26-4)5-6-19(23)25-3/h12,14-18H,5-11H2,1-4H3/t12-,14?,15+,16+,17-,18-,21-/m1/s1. The second kappa shape index (κ2) is 9.62. The van der Waals surface area contributed by atoms with Crippen molar-refractivity contribution >= 4 is 17.9 Å². The predicted octanol–water partition coefficient (Wildman–Crippen LogP) is 1.61. The van der Waals surface area contributed by atoms with Gasteiger partial charge in [0.1, 0.15) is 12.7 Å². The van der Waals surface area contributed by atoms with Gasteiger partial charge in [0.2, 0.25) is 0 Å². The second-order valence-corrected chi connectivity index (χ2v) is 8.33. The van der Waals surface area contributed by atoms with Crippen LogP contribution in [0, 0.1) is 17.8 Å². The van der Waals surface area contributed by atoms with Crippen molar-refractivity contribution in [3.63, 3.8) is 0 Å². The van der Waals surface area contributed by atoms with E-state index in [-0.39, 0.29) is 55.0 Å². The monoisotopic (exact) mass is 428 g/mol. The van der Waals surface area contributed by atoms with Crippen LogP contribution in [0.1, 0.15) is 46.0 Å². The number of carbonyl (C=O) groups is 3. The summed E-state index contributed by atoms with van der Waals surface area (Å²) in [5, 5.41) is 0. The van der Waals surface area contributed by atoms with Crippen molar-refractivity contribution in [2.75, 3.05) is 27.4 Å². The molecule has 7 atom stereocenters. The zero-order valence-corrected chi connectivity index (χ0v) is 18.1. The smallest absolute Gasteiger partial charge is 0.308 e. The van der Waals surface area contributed by atoms with E-state index in [1.807, 2.05) is 6.92 Å². The van der Waals surface area contributed by atoms with E-state index in [9.17, 15) is 14.4 Å². The first-order chi connectivity index (χ1) is 14.3. The van der Waals surface area contributed by atoms with E-state index in [1.165, 1.54) is 21.1 Å². The Morgan fingerprint density at radius 2 is 1.97 bits per heavy atom. The number of esters is 3. The molecule has 3 aliphatic heterocycles. The van der Waals surface area contributed by atoms with Crippen molar-refractivity contribution in [3.8, 4) is 0 Å². The zero-order valence-electron chi connectivity index (χ0n) is 18.1. The van der Waals surface area contributed by atoms with E-state index in [2.05, 4.69) is 0 Å². The van der Waals surface area contributed by atoms with Crippen LogP contribution in [0.25, 0.3) is 0 Å². The van der Waals surface area contributed by atoms with Crippen molar-refractivity contribution in [2.45, 2.75) is 70.1 Å². The first-order valence-electron chi connectivity index (χ1n) is 10.6. The Morgan fingerprint density at radius 3 is 2.63 bits per heavy atom. The van der Waals surface area contributed by atoms with Gasteiger partial charge in [-0.1, -0.05) is 0 Å². The quantitative estimate of drug-likeness (QED) is 0.421. The minimum Gasteiger partial charge on any atom is -0.469 e. The fourth-order valence-corrected chi connectivity index (χ4v) is 5.14. The van der Waals surface area contributed by atoms with Crippen molar-refractivity contribution in [2.24, 2.45) is 17.8 Å². The third-order valence-electron chi connectivity index (χ3n) is 6.45. The lowest BCUT2D eigenvalue weighted by molar-refractivity contribution is -0.309. The van der Waals surface area contributed by atoms with Crippen LogP contribution in [-0.4, -0.2) is 69.4 Å². The molecule has 3 saturated heterocycles. The summed E-state index contributed by atoms with van der Waals surface area (Å²) in [4.78, 5) is 35.5. The number of methoxy groups -OCH3 is 2. The van der Waals surface area contributed by atoms with Crippen LogP contribution in [0.4, 0.5) is 0 Å². The largest absolute Gasteiger partial charge is 0.469 e. The molecule has 9 heteroatoms. The topological polar surface area (TPSA) is 107 Å². The van der Waals surface area contributed by atoms with Gasteiger partial charge in [-0.05, 0) is 32.1 Å². The summed E-state index contributed by atoms with van der Waals surface area (Å²) >= 11 is 0. The Balaban J connectivity index is 1.83. The Bertz CT molecular complexity index is 650. The van der Waals surface area contributed by atoms with Crippen LogP contribution in [0.3, 0.4) is 0 Å². The second-order valence-electron chi connectivity index (χ2n) is 8.33. The fourth-order valence-electron chi connectivity index (χ4n) is 5.14. The first kappa shape index (κ1) is 23.0. The molecular formula is C21H32O9. The summed E-state index contributed by atoms with van der Waals surface area (Å²) in [7, 11) is 2.65. The van der Waals surface area contributed by atoms with Gasteiger partial charge < -0.3 is 28.4 Å². The highest BCUT2D eigenvalue weighted by Crippen LogP contribution is 2.54. The zero-order chi connectivity index (χ0) is 21.9. The van der Waals surface area contributed by atoms with Gasteiger partial charge in [-0.15, -0.1) is 0 Å². The molecule has 0 aliphatic carbocycles. The van der Waals surface area contributed by atoms with Crippen LogP contribution in [-0.2, 0) is 42.8 Å². The first-order valence-corrected chi connectivity index (χ1v) is 10.6. The molecule has 0 aromatic rings. The molecule has 0 N–H and O–H groups in total. The van der Waals surface area contributed by atoms with Crippen molar-refractivity contribution in [1.29, 1.82) is 0 Å². The van der Waals surface area contributed by atoms with Gasteiger partial charge >= 0.3 is 17.9 Å². The van der Waals surface area contributed by atoms with E-state index < -0.39 is 17.8 Å². The van der Waals surface area contributed by atoms with Crippen LogP contribution in [0.15, 0.2) is 0 Å². The van der Waals surface area contributed by atoms with Crippen LogP contribution in [0.5, 0.6) is 0 Å². The van der Waals surface area contributed by atoms with Crippen LogP contribution < -0.4 is 0 Å². The minimum atomic E-state index is -0.834. The molecule has 0 aromatic heterocycles. The van der Waals surface area contributed by atoms with Gasteiger partial charge in [0.25, 0.3) is 0 Å². The molecule has 0 amide bonds. The maximum absolute atomic E-state index is 12.5. The van der Waals surface area contributed by atoms with E-state index in [0.717, 1.165) is 6.42 Å². The molecule has 0 bridgehead atoms. The number of hydrogen-bond acceptors (Lipinski definition) is 9. The van der Waals surface area contributed by atoms with Gasteiger partial charge in [0.15, 0.2) is 5.79 Å². The lowest BCUT2D eigenvalue weighted by Gasteiger charge is -2.48. The molecule has 170 valence electrons.